The second-order valence-electron chi connectivity index (χ2n) is 23.1. The predicted octanol–water partition coefficient (Wildman–Crippen LogP) is 23.8. The highest BCUT2D eigenvalue weighted by Gasteiger charge is 2.19. The molecule has 0 fully saturated rings. The van der Waals surface area contributed by atoms with Gasteiger partial charge in [0.05, 0.1) is 0 Å². The van der Waals surface area contributed by atoms with Gasteiger partial charge in [0, 0.05) is 19.3 Å². The first-order valence-electron chi connectivity index (χ1n) is 34.6. The Morgan fingerprint density at radius 2 is 0.487 bits per heavy atom. The molecule has 0 aliphatic carbocycles. The third kappa shape index (κ3) is 65.4. The van der Waals surface area contributed by atoms with Crippen LogP contribution < -0.4 is 0 Å². The average molecular weight is 1120 g/mol. The summed E-state index contributed by atoms with van der Waals surface area (Å²) in [5.74, 6) is -0.942. The molecular formula is C74H130O6. The Balaban J connectivity index is 4.23. The molecule has 0 saturated carbocycles. The third-order valence-electron chi connectivity index (χ3n) is 15.2. The van der Waals surface area contributed by atoms with Crippen molar-refractivity contribution in [2.45, 2.75) is 354 Å². The van der Waals surface area contributed by atoms with Crippen LogP contribution in [0.3, 0.4) is 0 Å². The van der Waals surface area contributed by atoms with Crippen LogP contribution in [0.5, 0.6) is 0 Å². The van der Waals surface area contributed by atoms with E-state index >= 15 is 0 Å². The van der Waals surface area contributed by atoms with Gasteiger partial charge in [0.15, 0.2) is 6.10 Å². The molecule has 6 heteroatoms. The van der Waals surface area contributed by atoms with Crippen molar-refractivity contribution in [1.29, 1.82) is 0 Å². The van der Waals surface area contributed by atoms with E-state index in [1.165, 1.54) is 212 Å². The van der Waals surface area contributed by atoms with Gasteiger partial charge in [-0.1, -0.05) is 343 Å². The average Bonchev–Trinajstić information content (AvgIpc) is 3.46. The lowest BCUT2D eigenvalue weighted by Crippen LogP contribution is -2.30. The maximum atomic E-state index is 12.9. The molecule has 0 rings (SSSR count). The van der Waals surface area contributed by atoms with Gasteiger partial charge in [-0.05, 0) is 70.6 Å². The normalized spacial score (nSPS) is 12.6. The van der Waals surface area contributed by atoms with Gasteiger partial charge in [0.1, 0.15) is 13.2 Å². The number of carbonyl (C=O) groups is 3. The van der Waals surface area contributed by atoms with Crippen LogP contribution in [0.1, 0.15) is 348 Å². The molecule has 0 aliphatic rings. The second kappa shape index (κ2) is 68.1. The van der Waals surface area contributed by atoms with Crippen molar-refractivity contribution < 1.29 is 28.6 Å². The van der Waals surface area contributed by atoms with Crippen molar-refractivity contribution in [2.24, 2.45) is 0 Å². The molecule has 0 aromatic heterocycles. The first kappa shape index (κ1) is 76.6. The highest BCUT2D eigenvalue weighted by atomic mass is 16.6. The van der Waals surface area contributed by atoms with Crippen molar-refractivity contribution in [3.05, 3.63) is 85.1 Å². The summed E-state index contributed by atoms with van der Waals surface area (Å²) in [6.45, 7) is 6.51. The highest BCUT2D eigenvalue weighted by molar-refractivity contribution is 5.71. The van der Waals surface area contributed by atoms with E-state index in [1.807, 2.05) is 0 Å². The van der Waals surface area contributed by atoms with E-state index in [2.05, 4.69) is 106 Å². The van der Waals surface area contributed by atoms with Crippen molar-refractivity contribution in [1.82, 2.24) is 0 Å². The van der Waals surface area contributed by atoms with Gasteiger partial charge in [-0.2, -0.15) is 0 Å². The lowest BCUT2D eigenvalue weighted by Gasteiger charge is -2.18. The van der Waals surface area contributed by atoms with Gasteiger partial charge in [-0.15, -0.1) is 0 Å². The summed E-state index contributed by atoms with van der Waals surface area (Å²) in [7, 11) is 0. The number of hydrogen-bond donors (Lipinski definition) is 0. The molecule has 0 aromatic rings. The standard InChI is InChI=1S/C74H130O6/c1-4-7-10-13-16-19-22-24-26-28-30-32-34-35-36-37-38-39-41-42-44-46-48-50-52-55-58-61-64-67-73(76)79-70-71(69-78-72(75)66-63-60-57-54-21-18-15-12-9-6-3)80-74(77)68-65-62-59-56-53-51-49-47-45-43-40-33-31-29-27-25-23-20-17-14-11-8-5-2/h8,11,17,20,25,27,31,33,43,45,49,51,56,59,71H,4-7,9-10,12-16,18-19,21-24,26,28-30,32,34-42,44,46-48,50,52-55,57-58,60-70H2,1-3H3/b11-8-,20-17-,27-25-,33-31-,45-43-,51-49-,59-56-. The minimum Gasteiger partial charge on any atom is -0.462 e. The van der Waals surface area contributed by atoms with E-state index in [0.29, 0.717) is 19.3 Å². The van der Waals surface area contributed by atoms with Crippen LogP contribution in [0.2, 0.25) is 0 Å². The summed E-state index contributed by atoms with van der Waals surface area (Å²) in [6.07, 6.45) is 90.6. The Hall–Kier alpha value is -3.41. The molecule has 0 radical (unpaired) electrons. The summed E-state index contributed by atoms with van der Waals surface area (Å²) >= 11 is 0. The molecule has 0 N–H and O–H groups in total. The molecule has 1 unspecified atom stereocenters. The summed E-state index contributed by atoms with van der Waals surface area (Å²) in [5.41, 5.74) is 0. The molecular weight excluding hydrogens is 985 g/mol. The topological polar surface area (TPSA) is 78.9 Å². The van der Waals surface area contributed by atoms with Crippen LogP contribution in [0.4, 0.5) is 0 Å². The Labute approximate surface area is 496 Å². The predicted molar refractivity (Wildman–Crippen MR) is 348 cm³/mol. The molecule has 0 amide bonds. The van der Waals surface area contributed by atoms with Gasteiger partial charge in [0.25, 0.3) is 0 Å². The Morgan fingerprint density at radius 3 is 0.750 bits per heavy atom. The lowest BCUT2D eigenvalue weighted by molar-refractivity contribution is -0.167. The number of carbonyl (C=O) groups excluding carboxylic acids is 3. The number of rotatable bonds is 63. The van der Waals surface area contributed by atoms with Crippen LogP contribution in [0.15, 0.2) is 85.1 Å². The van der Waals surface area contributed by atoms with Crippen LogP contribution in [0, 0.1) is 0 Å². The highest BCUT2D eigenvalue weighted by Crippen LogP contribution is 2.18. The zero-order valence-electron chi connectivity index (χ0n) is 53.1. The molecule has 80 heavy (non-hydrogen) atoms. The first-order chi connectivity index (χ1) is 39.5. The van der Waals surface area contributed by atoms with Crippen molar-refractivity contribution in [3.8, 4) is 0 Å². The summed E-state index contributed by atoms with van der Waals surface area (Å²) in [5, 5.41) is 0. The smallest absolute Gasteiger partial charge is 0.306 e. The van der Waals surface area contributed by atoms with Gasteiger partial charge in [0.2, 0.25) is 0 Å². The minimum atomic E-state index is -0.805. The summed E-state index contributed by atoms with van der Waals surface area (Å²) in [6, 6.07) is 0. The zero-order valence-corrected chi connectivity index (χ0v) is 53.1. The number of hydrogen-bond acceptors (Lipinski definition) is 6. The number of esters is 3. The largest absolute Gasteiger partial charge is 0.462 e. The van der Waals surface area contributed by atoms with Crippen molar-refractivity contribution >= 4 is 17.9 Å². The fraction of sp³-hybridized carbons (Fsp3) is 0.770. The fourth-order valence-electron chi connectivity index (χ4n) is 10.0. The quantitative estimate of drug-likeness (QED) is 0.0261. The Bertz CT molecular complexity index is 1520. The SMILES string of the molecule is CC/C=C\C/C=C\C/C=C\C/C=C\C/C=C\C/C=C\C/C=C\CCCC(=O)OC(COC(=O)CCCCCCCCCCCC)COC(=O)CCCCCCCCCCCCCCCCCCCCCCCCCCCCCCC. The molecule has 0 aliphatic heterocycles. The molecule has 0 heterocycles. The van der Waals surface area contributed by atoms with Crippen LogP contribution in [-0.4, -0.2) is 37.2 Å². The lowest BCUT2D eigenvalue weighted by atomic mass is 10.0. The molecule has 0 saturated heterocycles. The van der Waals surface area contributed by atoms with Crippen molar-refractivity contribution in [2.75, 3.05) is 13.2 Å². The van der Waals surface area contributed by atoms with Crippen molar-refractivity contribution in [3.63, 3.8) is 0 Å². The summed E-state index contributed by atoms with van der Waals surface area (Å²) in [4.78, 5) is 38.3. The zero-order chi connectivity index (χ0) is 57.8. The molecule has 0 spiro atoms. The minimum absolute atomic E-state index is 0.0957. The fourth-order valence-corrected chi connectivity index (χ4v) is 10.0. The van der Waals surface area contributed by atoms with Crippen LogP contribution in [-0.2, 0) is 28.6 Å². The van der Waals surface area contributed by atoms with Crippen LogP contribution >= 0.6 is 0 Å². The number of allylic oxidation sites excluding steroid dienone is 14. The third-order valence-corrected chi connectivity index (χ3v) is 15.2. The van der Waals surface area contributed by atoms with Crippen LogP contribution in [0.25, 0.3) is 0 Å². The molecule has 0 aromatic carbocycles. The van der Waals surface area contributed by atoms with Gasteiger partial charge in [-0.25, -0.2) is 0 Å². The van der Waals surface area contributed by atoms with E-state index in [4.69, 9.17) is 14.2 Å². The van der Waals surface area contributed by atoms with E-state index in [-0.39, 0.29) is 37.5 Å². The molecule has 462 valence electrons. The maximum absolute atomic E-state index is 12.9. The van der Waals surface area contributed by atoms with Gasteiger partial charge in [-0.3, -0.25) is 14.4 Å². The Morgan fingerprint density at radius 1 is 0.263 bits per heavy atom. The van der Waals surface area contributed by atoms with E-state index < -0.39 is 6.10 Å². The number of unbranched alkanes of at least 4 members (excludes halogenated alkanes) is 38. The maximum Gasteiger partial charge on any atom is 0.306 e. The van der Waals surface area contributed by atoms with E-state index in [9.17, 15) is 14.4 Å². The molecule has 6 nitrogen and oxygen atoms in total. The molecule has 1 atom stereocenters. The first-order valence-corrected chi connectivity index (χ1v) is 34.6. The monoisotopic (exact) mass is 1110 g/mol. The molecule has 0 bridgehead atoms. The van der Waals surface area contributed by atoms with E-state index in [1.54, 1.807) is 0 Å². The Kier molecular flexibility index (Phi) is 65.2. The van der Waals surface area contributed by atoms with E-state index in [0.717, 1.165) is 89.9 Å². The number of ether oxygens (including phenoxy) is 3. The summed E-state index contributed by atoms with van der Waals surface area (Å²) < 4.78 is 16.9. The van der Waals surface area contributed by atoms with Gasteiger partial charge < -0.3 is 14.2 Å². The second-order valence-corrected chi connectivity index (χ2v) is 23.1. The van der Waals surface area contributed by atoms with Gasteiger partial charge >= 0.3 is 17.9 Å².